The van der Waals surface area contributed by atoms with Gasteiger partial charge in [-0.05, 0) is 38.5 Å². The van der Waals surface area contributed by atoms with Crippen LogP contribution in [-0.4, -0.2) is 16.7 Å². The summed E-state index contributed by atoms with van der Waals surface area (Å²) in [5.41, 5.74) is 6.64. The molecule has 0 unspecified atom stereocenters. The van der Waals surface area contributed by atoms with Gasteiger partial charge in [-0.1, -0.05) is 24.4 Å². The zero-order chi connectivity index (χ0) is 13.8. The molecule has 0 bridgehead atoms. The molecule has 0 spiro atoms. The highest BCUT2D eigenvalue weighted by Crippen LogP contribution is 2.13. The Kier molecular flexibility index (Phi) is 4.67. The summed E-state index contributed by atoms with van der Waals surface area (Å²) < 4.78 is 5.15. The zero-order valence-corrected chi connectivity index (χ0v) is 11.6. The Morgan fingerprint density at radius 1 is 1.33 bits per heavy atom. The lowest BCUT2D eigenvalue weighted by Crippen LogP contribution is -2.27. The highest BCUT2D eigenvalue weighted by molar-refractivity contribution is 7.80. The van der Waals surface area contributed by atoms with Crippen LogP contribution in [0, 0.1) is 0 Å². The number of carbonyl (C=O) groups is 1. The van der Waals surface area contributed by atoms with E-state index in [2.05, 4.69) is 5.32 Å². The summed E-state index contributed by atoms with van der Waals surface area (Å²) in [7, 11) is 0. The van der Waals surface area contributed by atoms with Gasteiger partial charge in [0.05, 0.1) is 4.99 Å². The van der Waals surface area contributed by atoms with Gasteiger partial charge in [0, 0.05) is 12.1 Å². The van der Waals surface area contributed by atoms with Crippen LogP contribution in [0.1, 0.15) is 26.3 Å². The van der Waals surface area contributed by atoms with Crippen LogP contribution in [0.4, 0.5) is 10.5 Å². The van der Waals surface area contributed by atoms with Gasteiger partial charge in [0.2, 0.25) is 0 Å². The fourth-order valence-corrected chi connectivity index (χ4v) is 1.50. The molecule has 0 fully saturated rings. The summed E-state index contributed by atoms with van der Waals surface area (Å²) in [6.07, 6.45) is 0.0896. The first-order valence-corrected chi connectivity index (χ1v) is 6.04. The number of benzene rings is 1. The first kappa shape index (κ1) is 14.4. The van der Waals surface area contributed by atoms with Gasteiger partial charge in [-0.25, -0.2) is 4.79 Å². The lowest BCUT2D eigenvalue weighted by molar-refractivity contribution is 0.0636. The number of nitrogens with two attached hydrogens (primary N) is 1. The second-order valence-corrected chi connectivity index (χ2v) is 5.49. The Labute approximate surface area is 113 Å². The molecule has 1 amide bonds. The largest absolute Gasteiger partial charge is 0.444 e. The molecule has 0 aliphatic heterocycles. The maximum absolute atomic E-state index is 11.5. The van der Waals surface area contributed by atoms with Gasteiger partial charge in [-0.2, -0.15) is 0 Å². The van der Waals surface area contributed by atoms with Crippen LogP contribution in [0.15, 0.2) is 24.3 Å². The Morgan fingerprint density at radius 3 is 2.33 bits per heavy atom. The zero-order valence-electron chi connectivity index (χ0n) is 10.8. The van der Waals surface area contributed by atoms with Crippen molar-refractivity contribution in [2.45, 2.75) is 32.8 Å². The van der Waals surface area contributed by atoms with Crippen LogP contribution in [0.25, 0.3) is 0 Å². The molecule has 0 atom stereocenters. The van der Waals surface area contributed by atoms with Crippen LogP contribution in [-0.2, 0) is 11.2 Å². The normalized spacial score (nSPS) is 10.8. The number of ether oxygens (including phenoxy) is 1. The first-order chi connectivity index (χ1) is 8.26. The molecular formula is C13H18N2O2S. The van der Waals surface area contributed by atoms with Crippen LogP contribution in [0.2, 0.25) is 0 Å². The molecule has 0 saturated carbocycles. The Hall–Kier alpha value is -1.62. The van der Waals surface area contributed by atoms with Gasteiger partial charge in [-0.3, -0.25) is 5.32 Å². The molecule has 0 heterocycles. The van der Waals surface area contributed by atoms with Crippen molar-refractivity contribution in [3.05, 3.63) is 29.8 Å². The number of nitrogens with one attached hydrogen (secondary N) is 1. The predicted molar refractivity (Wildman–Crippen MR) is 76.8 cm³/mol. The third kappa shape index (κ3) is 5.63. The fraction of sp³-hybridized carbons (Fsp3) is 0.385. The van der Waals surface area contributed by atoms with Crippen molar-refractivity contribution in [1.82, 2.24) is 0 Å². The Balaban J connectivity index is 2.58. The molecule has 1 aromatic rings. The van der Waals surface area contributed by atoms with E-state index in [1.54, 1.807) is 12.1 Å². The minimum atomic E-state index is -0.504. The number of amides is 1. The van der Waals surface area contributed by atoms with Gasteiger partial charge < -0.3 is 10.5 Å². The molecule has 0 radical (unpaired) electrons. The van der Waals surface area contributed by atoms with E-state index in [9.17, 15) is 4.79 Å². The van der Waals surface area contributed by atoms with Crippen molar-refractivity contribution in [1.29, 1.82) is 0 Å². The third-order valence-corrected chi connectivity index (χ3v) is 2.12. The maximum atomic E-state index is 11.5. The lowest BCUT2D eigenvalue weighted by atomic mass is 10.1. The Morgan fingerprint density at radius 2 is 1.89 bits per heavy atom. The summed E-state index contributed by atoms with van der Waals surface area (Å²) >= 11 is 4.83. The molecule has 0 aliphatic carbocycles. The smallest absolute Gasteiger partial charge is 0.412 e. The van der Waals surface area contributed by atoms with Crippen molar-refractivity contribution >= 4 is 29.0 Å². The van der Waals surface area contributed by atoms with E-state index >= 15 is 0 Å². The van der Waals surface area contributed by atoms with Gasteiger partial charge in [0.25, 0.3) is 0 Å². The molecule has 3 N–H and O–H groups in total. The summed E-state index contributed by atoms with van der Waals surface area (Å²) in [5.74, 6) is 0. The van der Waals surface area contributed by atoms with E-state index in [0.717, 1.165) is 5.56 Å². The number of thiocarbonyl (C=S) groups is 1. The first-order valence-electron chi connectivity index (χ1n) is 5.63. The van der Waals surface area contributed by atoms with E-state index in [-0.39, 0.29) is 0 Å². The maximum Gasteiger partial charge on any atom is 0.412 e. The predicted octanol–water partition coefficient (Wildman–Crippen LogP) is 2.86. The molecule has 18 heavy (non-hydrogen) atoms. The quantitative estimate of drug-likeness (QED) is 0.826. The van der Waals surface area contributed by atoms with Crippen LogP contribution in [0.3, 0.4) is 0 Å². The van der Waals surface area contributed by atoms with Gasteiger partial charge in [0.1, 0.15) is 5.60 Å². The lowest BCUT2D eigenvalue weighted by Gasteiger charge is -2.19. The summed E-state index contributed by atoms with van der Waals surface area (Å²) in [6, 6.07) is 7.31. The average molecular weight is 266 g/mol. The number of hydrogen-bond acceptors (Lipinski definition) is 3. The summed E-state index contributed by atoms with van der Waals surface area (Å²) in [4.78, 5) is 12.0. The van der Waals surface area contributed by atoms with Crippen molar-refractivity contribution < 1.29 is 9.53 Å². The molecule has 98 valence electrons. The van der Waals surface area contributed by atoms with Crippen molar-refractivity contribution in [2.24, 2.45) is 5.73 Å². The molecular weight excluding hydrogens is 248 g/mol. The van der Waals surface area contributed by atoms with Gasteiger partial charge in [-0.15, -0.1) is 0 Å². The SMILES string of the molecule is CC(C)(C)OC(=O)Nc1ccc(CC(N)=S)cc1. The highest BCUT2D eigenvalue weighted by Gasteiger charge is 2.15. The topological polar surface area (TPSA) is 64.3 Å². The van der Waals surface area contributed by atoms with Crippen LogP contribution >= 0.6 is 12.2 Å². The standard InChI is InChI=1S/C13H18N2O2S/c1-13(2,3)17-12(16)15-10-6-4-9(5-7-10)8-11(14)18/h4-7H,8H2,1-3H3,(H2,14,18)(H,15,16). The van der Waals surface area contributed by atoms with E-state index in [1.807, 2.05) is 32.9 Å². The van der Waals surface area contributed by atoms with Crippen LogP contribution < -0.4 is 11.1 Å². The molecule has 1 aromatic carbocycles. The Bertz CT molecular complexity index is 435. The molecule has 1 rings (SSSR count). The number of rotatable bonds is 3. The van der Waals surface area contributed by atoms with E-state index in [0.29, 0.717) is 17.1 Å². The van der Waals surface area contributed by atoms with Crippen LogP contribution in [0.5, 0.6) is 0 Å². The number of carbonyl (C=O) groups excluding carboxylic acids is 1. The molecule has 0 aliphatic rings. The molecule has 5 heteroatoms. The number of hydrogen-bond donors (Lipinski definition) is 2. The van der Waals surface area contributed by atoms with Crippen molar-refractivity contribution in [3.8, 4) is 0 Å². The molecule has 0 saturated heterocycles. The van der Waals surface area contributed by atoms with E-state index in [4.69, 9.17) is 22.7 Å². The molecule has 4 nitrogen and oxygen atoms in total. The minimum Gasteiger partial charge on any atom is -0.444 e. The van der Waals surface area contributed by atoms with Crippen molar-refractivity contribution in [3.63, 3.8) is 0 Å². The van der Waals surface area contributed by atoms with Gasteiger partial charge in [0.15, 0.2) is 0 Å². The second kappa shape index (κ2) is 5.82. The minimum absolute atomic E-state index is 0.447. The second-order valence-electron chi connectivity index (χ2n) is 4.97. The number of anilines is 1. The van der Waals surface area contributed by atoms with E-state index in [1.165, 1.54) is 0 Å². The van der Waals surface area contributed by atoms with E-state index < -0.39 is 11.7 Å². The summed E-state index contributed by atoms with van der Waals surface area (Å²) in [6.45, 7) is 5.45. The average Bonchev–Trinajstić information content (AvgIpc) is 2.17. The highest BCUT2D eigenvalue weighted by atomic mass is 32.1. The van der Waals surface area contributed by atoms with Gasteiger partial charge >= 0.3 is 6.09 Å². The third-order valence-electron chi connectivity index (χ3n) is 1.98. The molecule has 0 aromatic heterocycles. The summed E-state index contributed by atoms with van der Waals surface area (Å²) in [5, 5.41) is 2.65. The monoisotopic (exact) mass is 266 g/mol. The van der Waals surface area contributed by atoms with Crippen molar-refractivity contribution in [2.75, 3.05) is 5.32 Å². The fourth-order valence-electron chi connectivity index (χ4n) is 1.33.